The summed E-state index contributed by atoms with van der Waals surface area (Å²) in [5, 5.41) is 9.17. The van der Waals surface area contributed by atoms with Gasteiger partial charge in [0.25, 0.3) is 0 Å². The summed E-state index contributed by atoms with van der Waals surface area (Å²) in [6.07, 6.45) is 3.17. The molecule has 3 aliphatic rings. The highest BCUT2D eigenvalue weighted by atomic mass is 16.6. The first-order chi connectivity index (χ1) is 19.1. The summed E-state index contributed by atoms with van der Waals surface area (Å²) >= 11 is 0. The molecule has 2 aromatic carbocycles. The Balaban J connectivity index is 1.21. The third-order valence-electron chi connectivity index (χ3n) is 8.61. The Morgan fingerprint density at radius 2 is 1.55 bits per heavy atom. The van der Waals surface area contributed by atoms with Gasteiger partial charge < -0.3 is 24.4 Å². The Hall–Kier alpha value is -3.55. The van der Waals surface area contributed by atoms with Crippen molar-refractivity contribution in [1.82, 2.24) is 9.80 Å². The number of hydrogen-bond acceptors (Lipinski definition) is 5. The zero-order chi connectivity index (χ0) is 28.5. The number of benzene rings is 2. The van der Waals surface area contributed by atoms with Gasteiger partial charge in [-0.15, -0.1) is 0 Å². The van der Waals surface area contributed by atoms with Gasteiger partial charge in [0.2, 0.25) is 0 Å². The van der Waals surface area contributed by atoms with Gasteiger partial charge in [0.15, 0.2) is 0 Å². The number of carboxylic acids is 1. The van der Waals surface area contributed by atoms with Crippen LogP contribution in [-0.4, -0.2) is 70.9 Å². The molecule has 8 nitrogen and oxygen atoms in total. The maximum Gasteiger partial charge on any atom is 0.410 e. The molecule has 2 aliphatic carbocycles. The molecule has 0 atom stereocenters. The van der Waals surface area contributed by atoms with Crippen LogP contribution in [0, 0.1) is 5.41 Å². The summed E-state index contributed by atoms with van der Waals surface area (Å²) < 4.78 is 11.5. The van der Waals surface area contributed by atoms with Crippen LogP contribution in [0.2, 0.25) is 0 Å². The van der Waals surface area contributed by atoms with Crippen molar-refractivity contribution in [3.8, 4) is 11.1 Å². The van der Waals surface area contributed by atoms with E-state index in [9.17, 15) is 14.4 Å². The molecule has 1 aliphatic heterocycles. The van der Waals surface area contributed by atoms with Gasteiger partial charge in [-0.2, -0.15) is 0 Å². The van der Waals surface area contributed by atoms with Crippen LogP contribution in [0.3, 0.4) is 0 Å². The summed E-state index contributed by atoms with van der Waals surface area (Å²) in [5.41, 5.74) is 4.25. The molecule has 2 fully saturated rings. The number of carboxylic acid groups (broad SMARTS) is 1. The molecule has 1 heterocycles. The van der Waals surface area contributed by atoms with Crippen LogP contribution in [0.1, 0.15) is 76.3 Å². The molecule has 1 saturated heterocycles. The molecule has 8 heteroatoms. The predicted octanol–water partition coefficient (Wildman–Crippen LogP) is 6.28. The zero-order valence-electron chi connectivity index (χ0n) is 23.7. The van der Waals surface area contributed by atoms with Gasteiger partial charge in [-0.25, -0.2) is 9.59 Å². The lowest BCUT2D eigenvalue weighted by Gasteiger charge is -2.54. The molecule has 0 aromatic heterocycles. The molecule has 1 N–H and O–H groups in total. The summed E-state index contributed by atoms with van der Waals surface area (Å²) in [6.45, 7) is 7.50. The molecular weight excluding hydrogens is 508 g/mol. The standard InChI is InChI=1S/C32H40N2O6/c1-31(2,3)40-29(37)33-17-14-32(15-18-33)19-22(20-32)34(16-8-13-28(35)36)30(38)39-21-27-25-11-6-4-9-23(25)24-10-5-7-12-26(24)27/h4-7,9-12,22,27H,8,13-21H2,1-3H3,(H,35,36). The number of rotatable bonds is 7. The van der Waals surface area contributed by atoms with Crippen molar-refractivity contribution in [3.63, 3.8) is 0 Å². The number of hydrogen-bond donors (Lipinski definition) is 1. The second-order valence-corrected chi connectivity index (χ2v) is 12.5. The van der Waals surface area contributed by atoms with Crippen LogP contribution in [-0.2, 0) is 14.3 Å². The Morgan fingerprint density at radius 1 is 0.975 bits per heavy atom. The molecule has 2 amide bonds. The molecule has 0 bridgehead atoms. The normalized spacial score (nSPS) is 18.0. The number of fused-ring (bicyclic) bond motifs is 3. The lowest BCUT2D eigenvalue weighted by atomic mass is 9.60. The molecule has 2 aromatic rings. The number of ether oxygens (including phenoxy) is 2. The molecule has 40 heavy (non-hydrogen) atoms. The van der Waals surface area contributed by atoms with Crippen LogP contribution >= 0.6 is 0 Å². The summed E-state index contributed by atoms with van der Waals surface area (Å²) in [6, 6.07) is 16.5. The number of likely N-dealkylation sites (tertiary alicyclic amines) is 1. The van der Waals surface area contributed by atoms with E-state index in [0.29, 0.717) is 26.1 Å². The quantitative estimate of drug-likeness (QED) is 0.437. The first kappa shape index (κ1) is 28.0. The van der Waals surface area contributed by atoms with E-state index in [1.54, 1.807) is 9.80 Å². The number of piperidine rings is 1. The highest BCUT2D eigenvalue weighted by molar-refractivity contribution is 5.79. The highest BCUT2D eigenvalue weighted by Gasteiger charge is 2.50. The lowest BCUT2D eigenvalue weighted by Crippen LogP contribution is -2.57. The first-order valence-electron chi connectivity index (χ1n) is 14.4. The zero-order valence-corrected chi connectivity index (χ0v) is 23.7. The number of carbonyl (C=O) groups excluding carboxylic acids is 2. The maximum absolute atomic E-state index is 13.5. The Kier molecular flexibility index (Phi) is 7.80. The van der Waals surface area contributed by atoms with E-state index in [2.05, 4.69) is 24.3 Å². The topological polar surface area (TPSA) is 96.4 Å². The monoisotopic (exact) mass is 548 g/mol. The number of amides is 2. The minimum Gasteiger partial charge on any atom is -0.481 e. The molecule has 214 valence electrons. The van der Waals surface area contributed by atoms with Crippen molar-refractivity contribution in [3.05, 3.63) is 59.7 Å². The minimum atomic E-state index is -0.868. The van der Waals surface area contributed by atoms with Gasteiger partial charge in [-0.05, 0) is 80.5 Å². The third-order valence-corrected chi connectivity index (χ3v) is 8.61. The number of carbonyl (C=O) groups is 3. The van der Waals surface area contributed by atoms with E-state index in [-0.39, 0.29) is 42.6 Å². The van der Waals surface area contributed by atoms with E-state index in [0.717, 1.165) is 36.8 Å². The Bertz CT molecular complexity index is 1210. The van der Waals surface area contributed by atoms with Crippen molar-refractivity contribution < 1.29 is 29.0 Å². The van der Waals surface area contributed by atoms with Gasteiger partial charge in [0.1, 0.15) is 12.2 Å². The molecular formula is C32H40N2O6. The van der Waals surface area contributed by atoms with Gasteiger partial charge in [0, 0.05) is 38.0 Å². The number of nitrogens with zero attached hydrogens (tertiary/aromatic N) is 2. The molecule has 0 radical (unpaired) electrons. The smallest absolute Gasteiger partial charge is 0.410 e. The van der Waals surface area contributed by atoms with E-state index >= 15 is 0 Å². The van der Waals surface area contributed by atoms with Crippen molar-refractivity contribution in [2.75, 3.05) is 26.2 Å². The fourth-order valence-electron chi connectivity index (χ4n) is 6.56. The van der Waals surface area contributed by atoms with Gasteiger partial charge in [-0.1, -0.05) is 48.5 Å². The Morgan fingerprint density at radius 3 is 2.10 bits per heavy atom. The second kappa shape index (κ2) is 11.1. The van der Waals surface area contributed by atoms with Gasteiger partial charge in [0.05, 0.1) is 0 Å². The molecule has 0 unspecified atom stereocenters. The van der Waals surface area contributed by atoms with E-state index < -0.39 is 11.6 Å². The fourth-order valence-corrected chi connectivity index (χ4v) is 6.56. The Labute approximate surface area is 236 Å². The minimum absolute atomic E-state index is 0.00979. The van der Waals surface area contributed by atoms with E-state index in [1.807, 2.05) is 45.0 Å². The SMILES string of the molecule is CC(C)(C)OC(=O)N1CCC2(CC1)CC(N(CCCC(=O)O)C(=O)OCC1c3ccccc3-c3ccccc31)C2. The lowest BCUT2D eigenvalue weighted by molar-refractivity contribution is -0.137. The summed E-state index contributed by atoms with van der Waals surface area (Å²) in [7, 11) is 0. The largest absolute Gasteiger partial charge is 0.481 e. The van der Waals surface area contributed by atoms with Crippen LogP contribution in [0.5, 0.6) is 0 Å². The van der Waals surface area contributed by atoms with Gasteiger partial charge in [-0.3, -0.25) is 4.79 Å². The first-order valence-corrected chi connectivity index (χ1v) is 14.4. The van der Waals surface area contributed by atoms with Crippen molar-refractivity contribution in [2.45, 2.75) is 76.9 Å². The molecule has 1 spiro atoms. The molecule has 1 saturated carbocycles. The molecule has 5 rings (SSSR count). The van der Waals surface area contributed by atoms with E-state index in [1.165, 1.54) is 11.1 Å². The average Bonchev–Trinajstić information content (AvgIpc) is 3.21. The van der Waals surface area contributed by atoms with Crippen molar-refractivity contribution in [1.29, 1.82) is 0 Å². The summed E-state index contributed by atoms with van der Waals surface area (Å²) in [5.74, 6) is -0.894. The van der Waals surface area contributed by atoms with Crippen molar-refractivity contribution >= 4 is 18.2 Å². The highest BCUT2D eigenvalue weighted by Crippen LogP contribution is 2.51. The van der Waals surface area contributed by atoms with Crippen LogP contribution in [0.25, 0.3) is 11.1 Å². The van der Waals surface area contributed by atoms with Crippen LogP contribution < -0.4 is 0 Å². The van der Waals surface area contributed by atoms with Crippen LogP contribution in [0.4, 0.5) is 9.59 Å². The van der Waals surface area contributed by atoms with Crippen LogP contribution in [0.15, 0.2) is 48.5 Å². The summed E-state index contributed by atoms with van der Waals surface area (Å²) in [4.78, 5) is 40.7. The average molecular weight is 549 g/mol. The fraction of sp³-hybridized carbons (Fsp3) is 0.531. The number of aliphatic carboxylic acids is 1. The maximum atomic E-state index is 13.5. The third kappa shape index (κ3) is 5.96. The van der Waals surface area contributed by atoms with Gasteiger partial charge >= 0.3 is 18.2 Å². The van der Waals surface area contributed by atoms with E-state index in [4.69, 9.17) is 14.6 Å². The second-order valence-electron chi connectivity index (χ2n) is 12.5. The predicted molar refractivity (Wildman–Crippen MR) is 151 cm³/mol. The van der Waals surface area contributed by atoms with Crippen molar-refractivity contribution in [2.24, 2.45) is 5.41 Å².